The van der Waals surface area contributed by atoms with Crippen LogP contribution in [0.25, 0.3) is 0 Å². The maximum atomic E-state index is 10.1. The molecule has 0 fully saturated rings. The summed E-state index contributed by atoms with van der Waals surface area (Å²) in [6.45, 7) is 0. The van der Waals surface area contributed by atoms with Crippen LogP contribution in [0.15, 0.2) is 30.3 Å². The van der Waals surface area contributed by atoms with Crippen LogP contribution in [0.5, 0.6) is 0 Å². The third kappa shape index (κ3) is 6.08. The van der Waals surface area contributed by atoms with Gasteiger partial charge in [-0.2, -0.15) is 0 Å². The second-order valence-corrected chi connectivity index (χ2v) is 2.41. The van der Waals surface area contributed by atoms with Crippen LogP contribution in [0.1, 0.15) is 5.56 Å². The van der Waals surface area contributed by atoms with E-state index in [1.807, 2.05) is 30.3 Å². The van der Waals surface area contributed by atoms with Crippen molar-refractivity contribution in [3.05, 3.63) is 43.3 Å². The van der Waals surface area contributed by atoms with Gasteiger partial charge in [0.25, 0.3) is 0 Å². The van der Waals surface area contributed by atoms with Gasteiger partial charge >= 0.3 is 0 Å². The van der Waals surface area contributed by atoms with Crippen LogP contribution in [0.4, 0.5) is 0 Å². The quantitative estimate of drug-likeness (QED) is 0.819. The Hall–Kier alpha value is -0.0461. The molecule has 0 spiro atoms. The molecule has 1 rings (SSSR count). The Balaban J connectivity index is 0. The van der Waals surface area contributed by atoms with Gasteiger partial charge in [-0.3, -0.25) is 0 Å². The van der Waals surface area contributed by atoms with Gasteiger partial charge in [-0.05, 0) is 12.0 Å². The van der Waals surface area contributed by atoms with Crippen molar-refractivity contribution in [2.24, 2.45) is 5.73 Å². The van der Waals surface area contributed by atoms with Crippen LogP contribution in [0.3, 0.4) is 0 Å². The van der Waals surface area contributed by atoms with E-state index in [1.54, 1.807) is 6.29 Å². The van der Waals surface area contributed by atoms with E-state index < -0.39 is 6.04 Å². The van der Waals surface area contributed by atoms with E-state index in [9.17, 15) is 4.79 Å². The Labute approximate surface area is 105 Å². The maximum absolute atomic E-state index is 10.1. The van der Waals surface area contributed by atoms with E-state index in [1.165, 1.54) is 0 Å². The molecule has 69 valence electrons. The van der Waals surface area contributed by atoms with Gasteiger partial charge in [0.05, 0.1) is 0 Å². The van der Waals surface area contributed by atoms with E-state index in [-0.39, 0.29) is 40.1 Å². The summed E-state index contributed by atoms with van der Waals surface area (Å²) in [5, 5.41) is 0. The van der Waals surface area contributed by atoms with Gasteiger partial charge in [0.2, 0.25) is 0 Å². The zero-order valence-electron chi connectivity index (χ0n) is 7.73. The maximum Gasteiger partial charge on any atom is 0 e. The summed E-state index contributed by atoms with van der Waals surface area (Å²) in [6.07, 6.45) is 2.31. The summed E-state index contributed by atoms with van der Waals surface area (Å²) < 4.78 is 0. The predicted molar refractivity (Wildman–Crippen MR) is 50.2 cm³/mol. The largest absolute Gasteiger partial charge is 0.540 e. The van der Waals surface area contributed by atoms with Crippen LogP contribution in [-0.2, 0) is 43.9 Å². The van der Waals surface area contributed by atoms with Crippen LogP contribution in [0.2, 0.25) is 0 Å². The zero-order chi connectivity index (χ0) is 8.10. The van der Waals surface area contributed by atoms with Gasteiger partial charge < -0.3 is 18.0 Å². The summed E-state index contributed by atoms with van der Waals surface area (Å²) >= 11 is 0. The number of nitrogens with two attached hydrogens (primary N) is 1. The molecule has 0 amide bonds. The first kappa shape index (κ1) is 15.4. The smallest absolute Gasteiger partial charge is 0 e. The van der Waals surface area contributed by atoms with E-state index in [2.05, 4.69) is 0 Å². The van der Waals surface area contributed by atoms with Gasteiger partial charge in [-0.15, -0.1) is 0 Å². The van der Waals surface area contributed by atoms with Crippen molar-refractivity contribution in [1.29, 1.82) is 0 Å². The molecular formula is C10H13NOY-2. The van der Waals surface area contributed by atoms with Crippen LogP contribution in [-0.4, -0.2) is 12.3 Å². The van der Waals surface area contributed by atoms with E-state index >= 15 is 0 Å². The predicted octanol–water partition coefficient (Wildman–Crippen LogP) is 1.11. The van der Waals surface area contributed by atoms with Crippen molar-refractivity contribution in [2.45, 2.75) is 12.5 Å². The average molecular weight is 252 g/mol. The molecular weight excluding hydrogens is 239 g/mol. The molecule has 0 aliphatic heterocycles. The van der Waals surface area contributed by atoms with Crippen molar-refractivity contribution in [3.8, 4) is 0 Å². The van der Waals surface area contributed by atoms with Crippen molar-refractivity contribution in [3.63, 3.8) is 0 Å². The number of benzene rings is 1. The van der Waals surface area contributed by atoms with E-state index in [0.29, 0.717) is 6.42 Å². The minimum absolute atomic E-state index is 0. The Morgan fingerprint density at radius 3 is 2.31 bits per heavy atom. The van der Waals surface area contributed by atoms with Crippen LogP contribution < -0.4 is 5.73 Å². The van der Waals surface area contributed by atoms with Gasteiger partial charge in [-0.1, -0.05) is 36.4 Å². The van der Waals surface area contributed by atoms with Gasteiger partial charge in [0.1, 0.15) is 0 Å². The van der Waals surface area contributed by atoms with Crippen molar-refractivity contribution >= 4 is 6.29 Å². The molecule has 0 saturated carbocycles. The summed E-state index contributed by atoms with van der Waals surface area (Å²) in [5.74, 6) is 0. The second kappa shape index (κ2) is 8.55. The molecule has 2 N–H and O–H groups in total. The normalized spacial score (nSPS) is 10.5. The standard InChI is InChI=1S/C9H10NO.CH3.Y/c10-9(7-11)6-8-4-2-1-3-5-8;;/h1-5,9H,6,10H2;1H3;/q2*-1;. The molecule has 0 aromatic heterocycles. The monoisotopic (exact) mass is 252 g/mol. The molecule has 13 heavy (non-hydrogen) atoms. The van der Waals surface area contributed by atoms with E-state index in [4.69, 9.17) is 5.73 Å². The van der Waals surface area contributed by atoms with Gasteiger partial charge in [0, 0.05) is 32.7 Å². The first-order valence-electron chi connectivity index (χ1n) is 3.50. The molecule has 1 atom stereocenters. The SMILES string of the molecule is NC([C-]=O)Cc1ccccc1.[CH3-].[Y]. The number of rotatable bonds is 3. The fourth-order valence-corrected chi connectivity index (χ4v) is 0.910. The second-order valence-electron chi connectivity index (χ2n) is 2.41. The van der Waals surface area contributed by atoms with Crippen molar-refractivity contribution in [2.75, 3.05) is 0 Å². The Morgan fingerprint density at radius 1 is 1.31 bits per heavy atom. The average Bonchev–Trinajstić information content (AvgIpc) is 2.06. The molecule has 1 unspecified atom stereocenters. The fourth-order valence-electron chi connectivity index (χ4n) is 0.910. The van der Waals surface area contributed by atoms with Crippen molar-refractivity contribution in [1.82, 2.24) is 0 Å². The Kier molecular flexibility index (Phi) is 10.1. The number of hydrogen-bond acceptors (Lipinski definition) is 2. The first-order valence-corrected chi connectivity index (χ1v) is 3.50. The van der Waals surface area contributed by atoms with Crippen LogP contribution in [0, 0.1) is 7.43 Å². The summed E-state index contributed by atoms with van der Waals surface area (Å²) in [4.78, 5) is 10.1. The Morgan fingerprint density at radius 2 is 1.85 bits per heavy atom. The third-order valence-corrected chi connectivity index (χ3v) is 1.45. The van der Waals surface area contributed by atoms with Gasteiger partial charge in [0.15, 0.2) is 0 Å². The fraction of sp³-hybridized carbons (Fsp3) is 0.200. The van der Waals surface area contributed by atoms with Gasteiger partial charge in [-0.25, -0.2) is 6.29 Å². The van der Waals surface area contributed by atoms with Crippen LogP contribution >= 0.6 is 0 Å². The minimum Gasteiger partial charge on any atom is -0.540 e. The summed E-state index contributed by atoms with van der Waals surface area (Å²) in [7, 11) is 0. The summed E-state index contributed by atoms with van der Waals surface area (Å²) in [6, 6.07) is 9.17. The minimum atomic E-state index is -0.489. The molecule has 0 bridgehead atoms. The number of carbonyl (C=O) groups excluding carboxylic acids is 1. The van der Waals surface area contributed by atoms with Crippen molar-refractivity contribution < 1.29 is 37.5 Å². The number of hydrogen-bond donors (Lipinski definition) is 1. The molecule has 3 heteroatoms. The molecule has 1 radical (unpaired) electrons. The molecule has 0 aliphatic rings. The third-order valence-electron chi connectivity index (χ3n) is 1.45. The molecule has 1 aromatic rings. The zero-order valence-corrected chi connectivity index (χ0v) is 10.6. The molecule has 0 heterocycles. The molecule has 0 saturated heterocycles. The molecule has 2 nitrogen and oxygen atoms in total. The summed E-state index contributed by atoms with van der Waals surface area (Å²) in [5.41, 5.74) is 6.45. The molecule has 0 aliphatic carbocycles. The molecule has 1 aromatic carbocycles. The topological polar surface area (TPSA) is 43.1 Å². The Bertz CT molecular complexity index is 226. The van der Waals surface area contributed by atoms with E-state index in [0.717, 1.165) is 5.56 Å². The first-order chi connectivity index (χ1) is 5.33.